The molecule has 154 valence electrons. The first-order valence-electron chi connectivity index (χ1n) is 9.74. The summed E-state index contributed by atoms with van der Waals surface area (Å²) in [6.07, 6.45) is 3.04. The van der Waals surface area contributed by atoms with Gasteiger partial charge in [0, 0.05) is 17.9 Å². The molecule has 6 nitrogen and oxygen atoms in total. The Hall–Kier alpha value is -2.57. The number of anilines is 2. The van der Waals surface area contributed by atoms with Crippen LogP contribution in [0, 0.1) is 0 Å². The molecule has 4 rings (SSSR count). The molecule has 1 saturated heterocycles. The highest BCUT2D eigenvalue weighted by Crippen LogP contribution is 2.31. The van der Waals surface area contributed by atoms with Crippen LogP contribution >= 0.6 is 12.4 Å². The van der Waals surface area contributed by atoms with Crippen LogP contribution in [0.5, 0.6) is 5.75 Å². The number of ether oxygens (including phenoxy) is 1. The first kappa shape index (κ1) is 21.1. The van der Waals surface area contributed by atoms with Crippen molar-refractivity contribution in [2.45, 2.75) is 31.7 Å². The largest absolute Gasteiger partial charge is 0.497 e. The predicted octanol–water partition coefficient (Wildman–Crippen LogP) is 2.94. The Bertz CT molecular complexity index is 897. The van der Waals surface area contributed by atoms with Crippen molar-refractivity contribution < 1.29 is 14.3 Å². The van der Waals surface area contributed by atoms with Gasteiger partial charge in [0.2, 0.25) is 11.8 Å². The van der Waals surface area contributed by atoms with E-state index in [1.165, 1.54) is 0 Å². The summed E-state index contributed by atoms with van der Waals surface area (Å²) in [5.74, 6) is 0.787. The highest BCUT2D eigenvalue weighted by atomic mass is 35.5. The molecule has 0 radical (unpaired) electrons. The van der Waals surface area contributed by atoms with Gasteiger partial charge in [0.15, 0.2) is 0 Å². The molecule has 2 N–H and O–H groups in total. The Morgan fingerprint density at radius 3 is 2.86 bits per heavy atom. The van der Waals surface area contributed by atoms with Gasteiger partial charge >= 0.3 is 0 Å². The van der Waals surface area contributed by atoms with Gasteiger partial charge in [-0.3, -0.25) is 9.59 Å². The van der Waals surface area contributed by atoms with Crippen molar-refractivity contribution >= 4 is 35.6 Å². The topological polar surface area (TPSA) is 70.7 Å². The standard InChI is InChI=1S/C22H25N3O3.ClH/c1-28-18-5-2-4-15(12-18)13-21(26)25-11-9-16-7-8-17(14-20(16)25)24-22(27)19-6-3-10-23-19;/h2,4-5,7-8,12,14,19,23H,3,6,9-11,13H2,1H3,(H,24,27);1H. The Kier molecular flexibility index (Phi) is 6.77. The summed E-state index contributed by atoms with van der Waals surface area (Å²) >= 11 is 0. The van der Waals surface area contributed by atoms with E-state index >= 15 is 0 Å². The lowest BCUT2D eigenvalue weighted by molar-refractivity contribution is -0.118. The molecule has 2 heterocycles. The van der Waals surface area contributed by atoms with Gasteiger partial charge in [0.25, 0.3) is 0 Å². The zero-order chi connectivity index (χ0) is 19.5. The molecule has 1 atom stereocenters. The number of halogens is 1. The molecule has 0 aromatic heterocycles. The lowest BCUT2D eigenvalue weighted by Crippen LogP contribution is -2.35. The van der Waals surface area contributed by atoms with Crippen LogP contribution in [0.25, 0.3) is 0 Å². The van der Waals surface area contributed by atoms with E-state index in [-0.39, 0.29) is 30.3 Å². The quantitative estimate of drug-likeness (QED) is 0.787. The van der Waals surface area contributed by atoms with Crippen molar-refractivity contribution in [1.29, 1.82) is 0 Å². The first-order valence-corrected chi connectivity index (χ1v) is 9.74. The molecule has 1 fully saturated rings. The van der Waals surface area contributed by atoms with E-state index in [9.17, 15) is 9.59 Å². The molecule has 0 saturated carbocycles. The lowest BCUT2D eigenvalue weighted by Gasteiger charge is -2.19. The van der Waals surface area contributed by atoms with E-state index in [4.69, 9.17) is 4.74 Å². The molecule has 2 aliphatic rings. The lowest BCUT2D eigenvalue weighted by atomic mass is 10.1. The normalized spacial score (nSPS) is 17.4. The van der Waals surface area contributed by atoms with Gasteiger partial charge in [-0.2, -0.15) is 0 Å². The van der Waals surface area contributed by atoms with Crippen LogP contribution in [-0.4, -0.2) is 38.1 Å². The summed E-state index contributed by atoms with van der Waals surface area (Å²) in [5, 5.41) is 6.19. The Balaban J connectivity index is 0.00000240. The van der Waals surface area contributed by atoms with Crippen LogP contribution in [-0.2, 0) is 22.4 Å². The van der Waals surface area contributed by atoms with Crippen LogP contribution < -0.4 is 20.3 Å². The third-order valence-electron chi connectivity index (χ3n) is 5.42. The zero-order valence-corrected chi connectivity index (χ0v) is 17.3. The second kappa shape index (κ2) is 9.29. The van der Waals surface area contributed by atoms with Crippen molar-refractivity contribution in [3.63, 3.8) is 0 Å². The second-order valence-electron chi connectivity index (χ2n) is 7.31. The van der Waals surface area contributed by atoms with E-state index < -0.39 is 0 Å². The van der Waals surface area contributed by atoms with Gasteiger partial charge in [-0.15, -0.1) is 12.4 Å². The highest BCUT2D eigenvalue weighted by molar-refractivity contribution is 5.99. The van der Waals surface area contributed by atoms with Crippen LogP contribution in [0.1, 0.15) is 24.0 Å². The van der Waals surface area contributed by atoms with Gasteiger partial charge < -0.3 is 20.3 Å². The summed E-state index contributed by atoms with van der Waals surface area (Å²) in [5.41, 5.74) is 3.69. The van der Waals surface area contributed by atoms with Gasteiger partial charge in [-0.25, -0.2) is 0 Å². The molecule has 2 amide bonds. The maximum Gasteiger partial charge on any atom is 0.241 e. The molecule has 0 aliphatic carbocycles. The molecular formula is C22H26ClN3O3. The Morgan fingerprint density at radius 1 is 1.24 bits per heavy atom. The minimum absolute atomic E-state index is 0. The summed E-state index contributed by atoms with van der Waals surface area (Å²) in [4.78, 5) is 27.1. The van der Waals surface area contributed by atoms with Crippen LogP contribution in [0.15, 0.2) is 42.5 Å². The number of carbonyl (C=O) groups is 2. The Morgan fingerprint density at radius 2 is 2.10 bits per heavy atom. The fourth-order valence-electron chi connectivity index (χ4n) is 3.91. The highest BCUT2D eigenvalue weighted by Gasteiger charge is 2.26. The molecule has 0 bridgehead atoms. The molecular weight excluding hydrogens is 390 g/mol. The van der Waals surface area contributed by atoms with Gasteiger partial charge in [0.05, 0.1) is 19.6 Å². The van der Waals surface area contributed by atoms with E-state index in [0.29, 0.717) is 13.0 Å². The van der Waals surface area contributed by atoms with Gasteiger partial charge in [-0.1, -0.05) is 18.2 Å². The Labute approximate surface area is 177 Å². The number of amides is 2. The number of carbonyl (C=O) groups excluding carboxylic acids is 2. The number of hydrogen-bond donors (Lipinski definition) is 2. The van der Waals surface area contributed by atoms with E-state index in [1.807, 2.05) is 47.4 Å². The predicted molar refractivity (Wildman–Crippen MR) is 116 cm³/mol. The number of fused-ring (bicyclic) bond motifs is 1. The van der Waals surface area contributed by atoms with Gasteiger partial charge in [-0.05, 0) is 61.2 Å². The average Bonchev–Trinajstić information content (AvgIpc) is 3.38. The molecule has 0 spiro atoms. The minimum atomic E-state index is -0.126. The maximum absolute atomic E-state index is 12.9. The average molecular weight is 416 g/mol. The van der Waals surface area contributed by atoms with E-state index in [1.54, 1.807) is 7.11 Å². The van der Waals surface area contributed by atoms with Crippen molar-refractivity contribution in [1.82, 2.24) is 5.32 Å². The molecule has 29 heavy (non-hydrogen) atoms. The van der Waals surface area contributed by atoms with Crippen molar-refractivity contribution in [3.8, 4) is 5.75 Å². The van der Waals surface area contributed by atoms with Crippen molar-refractivity contribution in [2.75, 3.05) is 30.4 Å². The van der Waals surface area contributed by atoms with Crippen LogP contribution in [0.4, 0.5) is 11.4 Å². The maximum atomic E-state index is 12.9. The summed E-state index contributed by atoms with van der Waals surface area (Å²) < 4.78 is 5.24. The van der Waals surface area contributed by atoms with Crippen LogP contribution in [0.3, 0.4) is 0 Å². The number of benzene rings is 2. The molecule has 2 aromatic rings. The molecule has 1 unspecified atom stereocenters. The van der Waals surface area contributed by atoms with E-state index in [2.05, 4.69) is 10.6 Å². The van der Waals surface area contributed by atoms with Crippen molar-refractivity contribution in [3.05, 3.63) is 53.6 Å². The molecule has 2 aliphatic heterocycles. The van der Waals surface area contributed by atoms with E-state index in [0.717, 1.165) is 54.1 Å². The SMILES string of the molecule is COc1cccc(CC(=O)N2CCc3ccc(NC(=O)C4CCCN4)cc32)c1.Cl. The smallest absolute Gasteiger partial charge is 0.241 e. The summed E-state index contributed by atoms with van der Waals surface area (Å²) in [6, 6.07) is 13.3. The zero-order valence-electron chi connectivity index (χ0n) is 16.4. The fraction of sp³-hybridized carbons (Fsp3) is 0.364. The van der Waals surface area contributed by atoms with Crippen LogP contribution in [0.2, 0.25) is 0 Å². The second-order valence-corrected chi connectivity index (χ2v) is 7.31. The van der Waals surface area contributed by atoms with Crippen molar-refractivity contribution in [2.24, 2.45) is 0 Å². The number of nitrogens with zero attached hydrogens (tertiary/aromatic N) is 1. The number of nitrogens with one attached hydrogen (secondary N) is 2. The third-order valence-corrected chi connectivity index (χ3v) is 5.42. The summed E-state index contributed by atoms with van der Waals surface area (Å²) in [7, 11) is 1.62. The first-order chi connectivity index (χ1) is 13.6. The molecule has 2 aromatic carbocycles. The summed E-state index contributed by atoms with van der Waals surface area (Å²) in [6.45, 7) is 1.55. The minimum Gasteiger partial charge on any atom is -0.497 e. The monoisotopic (exact) mass is 415 g/mol. The number of hydrogen-bond acceptors (Lipinski definition) is 4. The van der Waals surface area contributed by atoms with Gasteiger partial charge in [0.1, 0.15) is 5.75 Å². The number of rotatable bonds is 5. The fourth-order valence-corrected chi connectivity index (χ4v) is 3.91. The molecule has 7 heteroatoms. The number of methoxy groups -OCH3 is 1. The third kappa shape index (κ3) is 4.71.